The molecule has 1 amide bonds. The first-order valence-electron chi connectivity index (χ1n) is 4.85. The maximum atomic E-state index is 12.0. The van der Waals surface area contributed by atoms with E-state index in [2.05, 4.69) is 10.3 Å². The molecule has 0 radical (unpaired) electrons. The summed E-state index contributed by atoms with van der Waals surface area (Å²) in [6.07, 6.45) is 1.60. The number of amides is 1. The summed E-state index contributed by atoms with van der Waals surface area (Å²) in [4.78, 5) is 15.9. The lowest BCUT2D eigenvalue weighted by Gasteiger charge is -2.08. The number of benzene rings is 1. The molecule has 0 atom stereocenters. The number of aromatic nitrogens is 1. The van der Waals surface area contributed by atoms with Crippen molar-refractivity contribution in [1.82, 2.24) is 4.98 Å². The molecule has 1 aromatic heterocycles. The third-order valence-corrected chi connectivity index (χ3v) is 3.44. The van der Waals surface area contributed by atoms with Crippen LogP contribution in [0, 0.1) is 0 Å². The van der Waals surface area contributed by atoms with E-state index in [1.54, 1.807) is 11.6 Å². The molecular weight excluding hydrogens is 295 g/mol. The second-order valence-corrected chi connectivity index (χ2v) is 4.97. The van der Waals surface area contributed by atoms with Crippen LogP contribution in [0.4, 0.5) is 5.13 Å². The Bertz CT molecular complexity index is 573. The Kier molecular flexibility index (Phi) is 4.06. The summed E-state index contributed by atoms with van der Waals surface area (Å²) in [5.41, 5.74) is 0.276. The average molecular weight is 303 g/mol. The number of thiazole rings is 1. The van der Waals surface area contributed by atoms with Crippen LogP contribution in [0.15, 0.2) is 23.7 Å². The number of halogens is 2. The molecular formula is C11H8Cl2N2O2S. The predicted molar refractivity (Wildman–Crippen MR) is 73.1 cm³/mol. The van der Waals surface area contributed by atoms with Gasteiger partial charge in [-0.1, -0.05) is 23.2 Å². The monoisotopic (exact) mass is 302 g/mol. The molecule has 4 nitrogen and oxygen atoms in total. The molecule has 7 heteroatoms. The van der Waals surface area contributed by atoms with Gasteiger partial charge in [-0.25, -0.2) is 4.98 Å². The SMILES string of the molecule is COc1cc(Cl)c(C(=O)Nc2nccs2)cc1Cl. The fourth-order valence-corrected chi connectivity index (χ4v) is 2.31. The zero-order chi connectivity index (χ0) is 13.1. The fraction of sp³-hybridized carbons (Fsp3) is 0.0909. The number of methoxy groups -OCH3 is 1. The summed E-state index contributed by atoms with van der Waals surface area (Å²) < 4.78 is 5.01. The lowest BCUT2D eigenvalue weighted by atomic mass is 10.2. The van der Waals surface area contributed by atoms with Crippen molar-refractivity contribution in [3.63, 3.8) is 0 Å². The third kappa shape index (κ3) is 2.75. The van der Waals surface area contributed by atoms with Gasteiger partial charge in [-0.15, -0.1) is 11.3 Å². The molecule has 18 heavy (non-hydrogen) atoms. The second-order valence-electron chi connectivity index (χ2n) is 3.26. The molecule has 2 aromatic rings. The van der Waals surface area contributed by atoms with E-state index in [-0.39, 0.29) is 16.5 Å². The van der Waals surface area contributed by atoms with E-state index in [1.165, 1.54) is 30.6 Å². The lowest BCUT2D eigenvalue weighted by molar-refractivity contribution is 0.102. The molecule has 0 aliphatic heterocycles. The van der Waals surface area contributed by atoms with Gasteiger partial charge >= 0.3 is 0 Å². The Morgan fingerprint density at radius 3 is 2.78 bits per heavy atom. The van der Waals surface area contributed by atoms with Gasteiger partial charge in [0.1, 0.15) is 5.75 Å². The van der Waals surface area contributed by atoms with E-state index in [1.807, 2.05) is 0 Å². The van der Waals surface area contributed by atoms with Crippen molar-refractivity contribution in [3.8, 4) is 5.75 Å². The van der Waals surface area contributed by atoms with Crippen molar-refractivity contribution in [2.45, 2.75) is 0 Å². The van der Waals surface area contributed by atoms with Crippen LogP contribution in [0.25, 0.3) is 0 Å². The van der Waals surface area contributed by atoms with E-state index in [9.17, 15) is 4.79 Å². The fourth-order valence-electron chi connectivity index (χ4n) is 1.31. The normalized spacial score (nSPS) is 10.2. The molecule has 0 saturated heterocycles. The standard InChI is InChI=1S/C11H8Cl2N2O2S/c1-17-9-5-7(12)6(4-8(9)13)10(16)15-11-14-2-3-18-11/h2-5H,1H3,(H,14,15,16). The number of carbonyl (C=O) groups excluding carboxylic acids is 1. The van der Waals surface area contributed by atoms with Gasteiger partial charge in [0, 0.05) is 17.6 Å². The smallest absolute Gasteiger partial charge is 0.259 e. The van der Waals surface area contributed by atoms with Crippen molar-refractivity contribution in [2.75, 3.05) is 12.4 Å². The Hall–Kier alpha value is -1.30. The lowest BCUT2D eigenvalue weighted by Crippen LogP contribution is -2.12. The number of ether oxygens (including phenoxy) is 1. The van der Waals surface area contributed by atoms with Crippen LogP contribution in [0.5, 0.6) is 5.75 Å². The van der Waals surface area contributed by atoms with Gasteiger partial charge in [0.2, 0.25) is 0 Å². The van der Waals surface area contributed by atoms with Gasteiger partial charge in [0.05, 0.1) is 22.7 Å². The summed E-state index contributed by atoms with van der Waals surface area (Å²) in [6.45, 7) is 0. The number of carbonyl (C=O) groups is 1. The highest BCUT2D eigenvalue weighted by molar-refractivity contribution is 7.13. The Balaban J connectivity index is 2.28. The van der Waals surface area contributed by atoms with Crippen molar-refractivity contribution in [1.29, 1.82) is 0 Å². The maximum Gasteiger partial charge on any atom is 0.259 e. The summed E-state index contributed by atoms with van der Waals surface area (Å²) in [7, 11) is 1.48. The summed E-state index contributed by atoms with van der Waals surface area (Å²) >= 11 is 13.3. The highest BCUT2D eigenvalue weighted by atomic mass is 35.5. The largest absolute Gasteiger partial charge is 0.495 e. The van der Waals surface area contributed by atoms with Gasteiger partial charge in [-0.2, -0.15) is 0 Å². The van der Waals surface area contributed by atoms with Crippen LogP contribution >= 0.6 is 34.5 Å². The van der Waals surface area contributed by atoms with Crippen LogP contribution in [-0.2, 0) is 0 Å². The van der Waals surface area contributed by atoms with Gasteiger partial charge in [0.25, 0.3) is 5.91 Å². The van der Waals surface area contributed by atoms with E-state index < -0.39 is 0 Å². The Morgan fingerprint density at radius 2 is 2.17 bits per heavy atom. The number of hydrogen-bond acceptors (Lipinski definition) is 4. The quantitative estimate of drug-likeness (QED) is 0.940. The minimum absolute atomic E-state index is 0.269. The minimum Gasteiger partial charge on any atom is -0.495 e. The summed E-state index contributed by atoms with van der Waals surface area (Å²) in [6, 6.07) is 2.96. The van der Waals surface area contributed by atoms with Crippen LogP contribution in [0.2, 0.25) is 10.0 Å². The Morgan fingerprint density at radius 1 is 1.39 bits per heavy atom. The zero-order valence-electron chi connectivity index (χ0n) is 9.24. The molecule has 0 aliphatic rings. The van der Waals surface area contributed by atoms with E-state index in [0.717, 1.165) is 0 Å². The number of anilines is 1. The van der Waals surface area contributed by atoms with Crippen LogP contribution in [0.3, 0.4) is 0 Å². The van der Waals surface area contributed by atoms with Gasteiger partial charge in [0.15, 0.2) is 5.13 Å². The zero-order valence-corrected chi connectivity index (χ0v) is 11.6. The number of nitrogens with one attached hydrogen (secondary N) is 1. The molecule has 1 heterocycles. The molecule has 1 aromatic carbocycles. The number of hydrogen-bond donors (Lipinski definition) is 1. The van der Waals surface area contributed by atoms with E-state index >= 15 is 0 Å². The van der Waals surface area contributed by atoms with Crippen molar-refractivity contribution >= 4 is 45.6 Å². The molecule has 2 rings (SSSR count). The predicted octanol–water partition coefficient (Wildman–Crippen LogP) is 3.71. The maximum absolute atomic E-state index is 12.0. The van der Waals surface area contributed by atoms with E-state index in [0.29, 0.717) is 15.9 Å². The Labute approximate surface area is 118 Å². The molecule has 0 aliphatic carbocycles. The average Bonchev–Trinajstić information content (AvgIpc) is 2.84. The summed E-state index contributed by atoms with van der Waals surface area (Å²) in [5.74, 6) is 0.0620. The highest BCUT2D eigenvalue weighted by Crippen LogP contribution is 2.31. The molecule has 0 bridgehead atoms. The van der Waals surface area contributed by atoms with Crippen LogP contribution in [0.1, 0.15) is 10.4 Å². The number of nitrogens with zero attached hydrogens (tertiary/aromatic N) is 1. The first-order chi connectivity index (χ1) is 8.61. The van der Waals surface area contributed by atoms with Crippen LogP contribution in [-0.4, -0.2) is 18.0 Å². The molecule has 1 N–H and O–H groups in total. The molecule has 94 valence electrons. The minimum atomic E-state index is -0.362. The molecule has 0 saturated carbocycles. The van der Waals surface area contributed by atoms with Crippen molar-refractivity contribution < 1.29 is 9.53 Å². The molecule has 0 fully saturated rings. The third-order valence-electron chi connectivity index (χ3n) is 2.14. The van der Waals surface area contributed by atoms with Gasteiger partial charge in [-0.05, 0) is 6.07 Å². The first kappa shape index (κ1) is 13.1. The van der Waals surface area contributed by atoms with Crippen molar-refractivity contribution in [2.24, 2.45) is 0 Å². The first-order valence-corrected chi connectivity index (χ1v) is 6.49. The van der Waals surface area contributed by atoms with E-state index in [4.69, 9.17) is 27.9 Å². The number of rotatable bonds is 3. The topological polar surface area (TPSA) is 51.2 Å². The van der Waals surface area contributed by atoms with Crippen molar-refractivity contribution in [3.05, 3.63) is 39.3 Å². The summed E-state index contributed by atoms with van der Waals surface area (Å²) in [5, 5.41) is 5.49. The molecule has 0 unspecified atom stereocenters. The van der Waals surface area contributed by atoms with Gasteiger partial charge < -0.3 is 4.74 Å². The molecule has 0 spiro atoms. The second kappa shape index (κ2) is 5.56. The van der Waals surface area contributed by atoms with Crippen LogP contribution < -0.4 is 10.1 Å². The highest BCUT2D eigenvalue weighted by Gasteiger charge is 2.15. The van der Waals surface area contributed by atoms with Gasteiger partial charge in [-0.3, -0.25) is 10.1 Å².